The quantitative estimate of drug-likeness (QED) is 0.740. The molecular formula is C15H14N2O3. The van der Waals surface area contributed by atoms with E-state index >= 15 is 0 Å². The summed E-state index contributed by atoms with van der Waals surface area (Å²) in [7, 11) is 3.20. The fraction of sp³-hybridized carbons (Fsp3) is 0.133. The van der Waals surface area contributed by atoms with Crippen LogP contribution in [0.25, 0.3) is 22.6 Å². The molecule has 0 amide bonds. The Balaban J connectivity index is 2.17. The summed E-state index contributed by atoms with van der Waals surface area (Å²) in [5.74, 6) is 1.83. The van der Waals surface area contributed by atoms with Gasteiger partial charge in [-0.15, -0.1) is 0 Å². The smallest absolute Gasteiger partial charge is 0.227 e. The maximum atomic E-state index is 5.88. The molecule has 20 heavy (non-hydrogen) atoms. The van der Waals surface area contributed by atoms with Gasteiger partial charge in [0.1, 0.15) is 17.0 Å². The second kappa shape index (κ2) is 4.77. The number of nitrogens with two attached hydrogens (primary N) is 1. The van der Waals surface area contributed by atoms with Gasteiger partial charge in [-0.2, -0.15) is 0 Å². The Morgan fingerprint density at radius 3 is 2.35 bits per heavy atom. The monoisotopic (exact) mass is 270 g/mol. The Bertz CT molecular complexity index is 743. The van der Waals surface area contributed by atoms with E-state index in [0.717, 1.165) is 11.1 Å². The third-order valence-electron chi connectivity index (χ3n) is 3.04. The average molecular weight is 270 g/mol. The number of benzene rings is 2. The van der Waals surface area contributed by atoms with Crippen LogP contribution in [0.15, 0.2) is 40.8 Å². The molecule has 5 nitrogen and oxygen atoms in total. The number of anilines is 1. The molecule has 1 aromatic heterocycles. The molecule has 5 heteroatoms. The summed E-state index contributed by atoms with van der Waals surface area (Å²) in [6.45, 7) is 0. The number of fused-ring (bicyclic) bond motifs is 1. The maximum absolute atomic E-state index is 5.88. The summed E-state index contributed by atoms with van der Waals surface area (Å²) >= 11 is 0. The van der Waals surface area contributed by atoms with Gasteiger partial charge < -0.3 is 19.6 Å². The fourth-order valence-electron chi connectivity index (χ4n) is 2.02. The zero-order valence-corrected chi connectivity index (χ0v) is 11.2. The standard InChI is InChI=1S/C15H14N2O3/c1-18-10-6-9(7-11(8-10)19-2)15-17-13-5-3-4-12(16)14(13)20-15/h3-8H,16H2,1-2H3. The highest BCUT2D eigenvalue weighted by molar-refractivity contribution is 5.86. The highest BCUT2D eigenvalue weighted by atomic mass is 16.5. The first-order chi connectivity index (χ1) is 9.71. The van der Waals surface area contributed by atoms with Crippen molar-refractivity contribution in [3.8, 4) is 23.0 Å². The SMILES string of the molecule is COc1cc(OC)cc(-c2nc3cccc(N)c3o2)c1. The summed E-state index contributed by atoms with van der Waals surface area (Å²) in [6, 6.07) is 10.9. The maximum Gasteiger partial charge on any atom is 0.227 e. The predicted octanol–water partition coefficient (Wildman–Crippen LogP) is 3.09. The van der Waals surface area contributed by atoms with Crippen LogP contribution in [0.2, 0.25) is 0 Å². The Hall–Kier alpha value is -2.69. The van der Waals surface area contributed by atoms with E-state index in [0.29, 0.717) is 28.7 Å². The van der Waals surface area contributed by atoms with Gasteiger partial charge in [-0.05, 0) is 24.3 Å². The first-order valence-electron chi connectivity index (χ1n) is 6.09. The van der Waals surface area contributed by atoms with Gasteiger partial charge in [-0.25, -0.2) is 4.98 Å². The minimum Gasteiger partial charge on any atom is -0.497 e. The largest absolute Gasteiger partial charge is 0.497 e. The van der Waals surface area contributed by atoms with E-state index < -0.39 is 0 Å². The molecule has 0 radical (unpaired) electrons. The summed E-state index contributed by atoms with van der Waals surface area (Å²) in [5, 5.41) is 0. The Labute approximate surface area is 115 Å². The van der Waals surface area contributed by atoms with Gasteiger partial charge in [0.15, 0.2) is 5.58 Å². The zero-order chi connectivity index (χ0) is 14.1. The van der Waals surface area contributed by atoms with Crippen molar-refractivity contribution >= 4 is 16.8 Å². The van der Waals surface area contributed by atoms with Gasteiger partial charge in [0, 0.05) is 11.6 Å². The number of hydrogen-bond donors (Lipinski definition) is 1. The average Bonchev–Trinajstić information content (AvgIpc) is 2.92. The number of ether oxygens (including phenoxy) is 2. The van der Waals surface area contributed by atoms with Crippen molar-refractivity contribution in [2.45, 2.75) is 0 Å². The molecule has 0 aliphatic heterocycles. The molecule has 0 saturated heterocycles. The topological polar surface area (TPSA) is 70.5 Å². The van der Waals surface area contributed by atoms with Crippen molar-refractivity contribution < 1.29 is 13.9 Å². The second-order valence-corrected chi connectivity index (χ2v) is 4.32. The molecule has 3 aromatic rings. The van der Waals surface area contributed by atoms with Crippen LogP contribution < -0.4 is 15.2 Å². The lowest BCUT2D eigenvalue weighted by Crippen LogP contribution is -1.88. The molecule has 0 aliphatic carbocycles. The molecule has 1 heterocycles. The van der Waals surface area contributed by atoms with Crippen LogP contribution >= 0.6 is 0 Å². The van der Waals surface area contributed by atoms with E-state index in [-0.39, 0.29) is 0 Å². The molecule has 0 unspecified atom stereocenters. The second-order valence-electron chi connectivity index (χ2n) is 4.32. The lowest BCUT2D eigenvalue weighted by molar-refractivity contribution is 0.394. The third kappa shape index (κ3) is 2.03. The fourth-order valence-corrected chi connectivity index (χ4v) is 2.02. The minimum atomic E-state index is 0.482. The van der Waals surface area contributed by atoms with E-state index in [1.54, 1.807) is 26.4 Å². The Morgan fingerprint density at radius 1 is 1.05 bits per heavy atom. The van der Waals surface area contributed by atoms with Gasteiger partial charge >= 0.3 is 0 Å². The van der Waals surface area contributed by atoms with Gasteiger partial charge in [0.05, 0.1) is 19.9 Å². The summed E-state index contributed by atoms with van der Waals surface area (Å²) in [4.78, 5) is 4.44. The van der Waals surface area contributed by atoms with Crippen LogP contribution in [0, 0.1) is 0 Å². The molecular weight excluding hydrogens is 256 g/mol. The number of methoxy groups -OCH3 is 2. The molecule has 2 N–H and O–H groups in total. The van der Waals surface area contributed by atoms with Gasteiger partial charge in [-0.3, -0.25) is 0 Å². The summed E-state index contributed by atoms with van der Waals surface area (Å²) < 4.78 is 16.2. The first-order valence-corrected chi connectivity index (χ1v) is 6.09. The normalized spacial score (nSPS) is 10.7. The van der Waals surface area contributed by atoms with Crippen molar-refractivity contribution in [3.05, 3.63) is 36.4 Å². The molecule has 0 saturated carbocycles. The summed E-state index contributed by atoms with van der Waals surface area (Å²) in [6.07, 6.45) is 0. The lowest BCUT2D eigenvalue weighted by atomic mass is 10.2. The van der Waals surface area contributed by atoms with Crippen LogP contribution in [0.1, 0.15) is 0 Å². The van der Waals surface area contributed by atoms with E-state index in [9.17, 15) is 0 Å². The van der Waals surface area contributed by atoms with Crippen molar-refractivity contribution in [2.24, 2.45) is 0 Å². The van der Waals surface area contributed by atoms with E-state index in [2.05, 4.69) is 4.98 Å². The highest BCUT2D eigenvalue weighted by Gasteiger charge is 2.12. The number of nitrogen functional groups attached to an aromatic ring is 1. The van der Waals surface area contributed by atoms with Crippen LogP contribution in [0.4, 0.5) is 5.69 Å². The number of para-hydroxylation sites is 1. The first kappa shape index (κ1) is 12.3. The van der Waals surface area contributed by atoms with Crippen molar-refractivity contribution in [1.82, 2.24) is 4.98 Å². The van der Waals surface area contributed by atoms with E-state index in [1.807, 2.05) is 24.3 Å². The molecule has 0 fully saturated rings. The molecule has 102 valence electrons. The number of oxazole rings is 1. The van der Waals surface area contributed by atoms with E-state index in [4.69, 9.17) is 19.6 Å². The van der Waals surface area contributed by atoms with Crippen LogP contribution in [0.5, 0.6) is 11.5 Å². The number of aromatic nitrogens is 1. The number of hydrogen-bond acceptors (Lipinski definition) is 5. The molecule has 2 aromatic carbocycles. The number of rotatable bonds is 3. The van der Waals surface area contributed by atoms with Crippen molar-refractivity contribution in [1.29, 1.82) is 0 Å². The van der Waals surface area contributed by atoms with Gasteiger partial charge in [0.25, 0.3) is 0 Å². The highest BCUT2D eigenvalue weighted by Crippen LogP contribution is 2.32. The summed E-state index contributed by atoms with van der Waals surface area (Å²) in [5.41, 5.74) is 8.53. The molecule has 0 bridgehead atoms. The Kier molecular flexibility index (Phi) is 2.95. The molecule has 0 spiro atoms. The van der Waals surface area contributed by atoms with Crippen LogP contribution in [-0.2, 0) is 0 Å². The van der Waals surface area contributed by atoms with E-state index in [1.165, 1.54) is 0 Å². The van der Waals surface area contributed by atoms with Crippen LogP contribution in [-0.4, -0.2) is 19.2 Å². The third-order valence-corrected chi connectivity index (χ3v) is 3.04. The number of nitrogens with zero attached hydrogens (tertiary/aromatic N) is 1. The zero-order valence-electron chi connectivity index (χ0n) is 11.2. The molecule has 0 aliphatic rings. The Morgan fingerprint density at radius 2 is 1.75 bits per heavy atom. The van der Waals surface area contributed by atoms with Crippen molar-refractivity contribution in [2.75, 3.05) is 20.0 Å². The van der Waals surface area contributed by atoms with Crippen LogP contribution in [0.3, 0.4) is 0 Å². The minimum absolute atomic E-state index is 0.482. The lowest BCUT2D eigenvalue weighted by Gasteiger charge is -2.05. The molecule has 0 atom stereocenters. The van der Waals surface area contributed by atoms with Crippen molar-refractivity contribution in [3.63, 3.8) is 0 Å². The van der Waals surface area contributed by atoms with Gasteiger partial charge in [0.2, 0.25) is 5.89 Å². The van der Waals surface area contributed by atoms with Gasteiger partial charge in [-0.1, -0.05) is 6.07 Å². The molecule has 3 rings (SSSR count). The predicted molar refractivity (Wildman–Crippen MR) is 77.0 cm³/mol.